The monoisotopic (exact) mass is 497 g/mol. The molecule has 0 unspecified atom stereocenters. The second-order valence-corrected chi connectivity index (χ2v) is 3.78. The van der Waals surface area contributed by atoms with Gasteiger partial charge in [-0.15, -0.1) is 0 Å². The maximum absolute atomic E-state index is 9.75. The van der Waals surface area contributed by atoms with Crippen LogP contribution < -0.4 is 15.9 Å². The van der Waals surface area contributed by atoms with E-state index in [9.17, 15) is 19.8 Å². The van der Waals surface area contributed by atoms with E-state index in [0.29, 0.717) is 6.54 Å². The molecule has 0 spiro atoms. The van der Waals surface area contributed by atoms with E-state index in [1.807, 2.05) is 18.2 Å². The van der Waals surface area contributed by atoms with Gasteiger partial charge in [-0.05, 0) is 18.7 Å². The average molecular weight is 497 g/mol. The topological polar surface area (TPSA) is 200 Å². The standard InChI is InChI=1S/C7H10N2.C4H6O8.Pt/c8-5-4-7-3-1-2-6-9-7;5-1(6)3(9,10)4(11,12)2(7)8;/h1-3,6H,4-5,8H2;9-12H,(H,5,6)(H,7,8);/q;;+2/p-2. The third kappa shape index (κ3) is 6.14. The molecular weight excluding hydrogens is 483 g/mol. The van der Waals surface area contributed by atoms with Gasteiger partial charge in [0.2, 0.25) is 0 Å². The van der Waals surface area contributed by atoms with E-state index in [2.05, 4.69) is 4.98 Å². The number of hydrogen-bond donors (Lipinski definition) is 5. The summed E-state index contributed by atoms with van der Waals surface area (Å²) in [4.78, 5) is 23.6. The normalized spacial score (nSPS) is 10.8. The van der Waals surface area contributed by atoms with Crippen molar-refractivity contribution in [2.75, 3.05) is 6.54 Å². The van der Waals surface area contributed by atoms with Crippen LogP contribution in [0.1, 0.15) is 5.69 Å². The zero-order valence-corrected chi connectivity index (χ0v) is 13.3. The van der Waals surface area contributed by atoms with E-state index in [-0.39, 0.29) is 21.1 Å². The van der Waals surface area contributed by atoms with E-state index in [4.69, 9.17) is 26.2 Å². The first-order valence-electron chi connectivity index (χ1n) is 5.49. The quantitative estimate of drug-likeness (QED) is 0.244. The van der Waals surface area contributed by atoms with Gasteiger partial charge in [-0.25, -0.2) is 0 Å². The van der Waals surface area contributed by atoms with E-state index in [1.165, 1.54) is 0 Å². The molecule has 10 nitrogen and oxygen atoms in total. The molecule has 22 heavy (non-hydrogen) atoms. The first-order chi connectivity index (χ1) is 9.57. The van der Waals surface area contributed by atoms with Crippen LogP contribution in [-0.2, 0) is 37.1 Å². The van der Waals surface area contributed by atoms with Crippen molar-refractivity contribution in [1.82, 2.24) is 4.98 Å². The number of pyridine rings is 1. The van der Waals surface area contributed by atoms with Gasteiger partial charge < -0.3 is 46.0 Å². The molecule has 1 rings (SSSR count). The number of carboxylic acid groups (broad SMARTS) is 2. The molecule has 0 atom stereocenters. The molecule has 11 heteroatoms. The van der Waals surface area contributed by atoms with Gasteiger partial charge >= 0.3 is 21.1 Å². The summed E-state index contributed by atoms with van der Waals surface area (Å²) in [6.07, 6.45) is 2.66. The van der Waals surface area contributed by atoms with Gasteiger partial charge in [0, 0.05) is 18.3 Å². The maximum atomic E-state index is 9.75. The smallest absolute Gasteiger partial charge is 0.544 e. The summed E-state index contributed by atoms with van der Waals surface area (Å²) in [6, 6.07) is 5.85. The zero-order valence-electron chi connectivity index (χ0n) is 11.0. The molecule has 6 N–H and O–H groups in total. The Morgan fingerprint density at radius 3 is 1.82 bits per heavy atom. The Morgan fingerprint density at radius 1 is 1.09 bits per heavy atom. The molecule has 0 saturated heterocycles. The average Bonchev–Trinajstić information content (AvgIpc) is 2.40. The Hall–Kier alpha value is -1.42. The number of aliphatic hydroxyl groups is 4. The Balaban J connectivity index is 0. The Bertz CT molecular complexity index is 456. The third-order valence-electron chi connectivity index (χ3n) is 2.18. The van der Waals surface area contributed by atoms with Crippen molar-refractivity contribution in [3.63, 3.8) is 0 Å². The molecule has 126 valence electrons. The zero-order chi connectivity index (χ0) is 16.7. The number of hydrogen-bond acceptors (Lipinski definition) is 10. The van der Waals surface area contributed by atoms with Crippen molar-refractivity contribution >= 4 is 11.9 Å². The second-order valence-electron chi connectivity index (χ2n) is 3.78. The molecule has 1 heterocycles. The van der Waals surface area contributed by atoms with Crippen molar-refractivity contribution in [2.45, 2.75) is 18.0 Å². The van der Waals surface area contributed by atoms with Gasteiger partial charge in [-0.1, -0.05) is 6.07 Å². The van der Waals surface area contributed by atoms with Crippen LogP contribution in [0, 0.1) is 0 Å². The summed E-state index contributed by atoms with van der Waals surface area (Å²) in [7, 11) is 0. The van der Waals surface area contributed by atoms with Crippen molar-refractivity contribution in [1.29, 1.82) is 0 Å². The summed E-state index contributed by atoms with van der Waals surface area (Å²) < 4.78 is 0. The number of carbonyl (C=O) groups excluding carboxylic acids is 2. The Labute approximate surface area is 139 Å². The van der Waals surface area contributed by atoms with Crippen LogP contribution in [0.2, 0.25) is 0 Å². The first kappa shape index (κ1) is 22.9. The summed E-state index contributed by atoms with van der Waals surface area (Å²) in [5.74, 6) is -14.2. The maximum Gasteiger partial charge on any atom is 2.00 e. The minimum absolute atomic E-state index is 0. The second kappa shape index (κ2) is 9.57. The SMILES string of the molecule is NCCc1ccccn1.O=C([O-])C(O)(O)C(O)(O)C(=O)[O-].[Pt+2]. The minimum atomic E-state index is -4.33. The molecule has 0 aliphatic carbocycles. The number of carbonyl (C=O) groups is 2. The summed E-state index contributed by atoms with van der Waals surface area (Å²) >= 11 is 0. The Morgan fingerprint density at radius 2 is 1.55 bits per heavy atom. The summed E-state index contributed by atoms with van der Waals surface area (Å²) in [5, 5.41) is 52.6. The minimum Gasteiger partial charge on any atom is -0.544 e. The number of nitrogens with zero attached hydrogens (tertiary/aromatic N) is 1. The molecular formula is C11H14N2O8Pt. The fourth-order valence-corrected chi connectivity index (χ4v) is 0.979. The van der Waals surface area contributed by atoms with Crippen LogP contribution >= 0.6 is 0 Å². The van der Waals surface area contributed by atoms with Gasteiger partial charge in [0.25, 0.3) is 11.6 Å². The van der Waals surface area contributed by atoms with Gasteiger partial charge in [0.05, 0.1) is 0 Å². The molecule has 0 aliphatic rings. The van der Waals surface area contributed by atoms with Crippen LogP contribution in [-0.4, -0.2) is 55.5 Å². The molecule has 0 bridgehead atoms. The van der Waals surface area contributed by atoms with Crippen molar-refractivity contribution in [3.8, 4) is 0 Å². The van der Waals surface area contributed by atoms with E-state index >= 15 is 0 Å². The van der Waals surface area contributed by atoms with Crippen LogP contribution in [0.25, 0.3) is 0 Å². The fraction of sp³-hybridized carbons (Fsp3) is 0.364. The summed E-state index contributed by atoms with van der Waals surface area (Å²) in [5.41, 5.74) is 6.39. The van der Waals surface area contributed by atoms with Gasteiger partial charge in [0.1, 0.15) is 11.9 Å². The van der Waals surface area contributed by atoms with Gasteiger partial charge in [-0.3, -0.25) is 4.98 Å². The van der Waals surface area contributed by atoms with Crippen molar-refractivity contribution in [2.24, 2.45) is 5.73 Å². The number of aliphatic carboxylic acids is 2. The van der Waals surface area contributed by atoms with E-state index < -0.39 is 23.5 Å². The van der Waals surface area contributed by atoms with Crippen LogP contribution in [0.4, 0.5) is 0 Å². The van der Waals surface area contributed by atoms with E-state index in [0.717, 1.165) is 12.1 Å². The number of carboxylic acids is 2. The first-order valence-corrected chi connectivity index (χ1v) is 5.49. The molecule has 1 aromatic heterocycles. The molecule has 0 saturated carbocycles. The van der Waals surface area contributed by atoms with Gasteiger partial charge in [0.15, 0.2) is 0 Å². The number of nitrogens with two attached hydrogens (primary N) is 1. The third-order valence-corrected chi connectivity index (χ3v) is 2.18. The Kier molecular flexibility index (Phi) is 9.94. The van der Waals surface area contributed by atoms with Crippen molar-refractivity contribution < 1.29 is 61.3 Å². The number of aromatic nitrogens is 1. The molecule has 0 aliphatic heterocycles. The predicted molar refractivity (Wildman–Crippen MR) is 61.3 cm³/mol. The van der Waals surface area contributed by atoms with Gasteiger partial charge in [-0.2, -0.15) is 0 Å². The molecule has 0 amide bonds. The summed E-state index contributed by atoms with van der Waals surface area (Å²) in [6.45, 7) is 0.678. The van der Waals surface area contributed by atoms with Crippen LogP contribution in [0.5, 0.6) is 0 Å². The molecule has 0 aromatic carbocycles. The largest absolute Gasteiger partial charge is 2.00 e. The predicted octanol–water partition coefficient (Wildman–Crippen LogP) is -5.57. The molecule has 0 radical (unpaired) electrons. The fourth-order valence-electron chi connectivity index (χ4n) is 0.979. The van der Waals surface area contributed by atoms with Crippen LogP contribution in [0.3, 0.4) is 0 Å². The molecule has 1 aromatic rings. The van der Waals surface area contributed by atoms with Crippen LogP contribution in [0.15, 0.2) is 24.4 Å². The van der Waals surface area contributed by atoms with E-state index in [1.54, 1.807) is 6.20 Å². The van der Waals surface area contributed by atoms with Crippen molar-refractivity contribution in [3.05, 3.63) is 30.1 Å². The molecule has 0 fully saturated rings. The number of rotatable bonds is 5.